The van der Waals surface area contributed by atoms with Gasteiger partial charge in [-0.3, -0.25) is 4.90 Å². The molecule has 1 N–H and O–H groups in total. The van der Waals surface area contributed by atoms with Crippen LogP contribution in [0.4, 0.5) is 0 Å². The summed E-state index contributed by atoms with van der Waals surface area (Å²) in [5.74, 6) is 1.72. The first-order chi connectivity index (χ1) is 9.81. The third-order valence-corrected chi connectivity index (χ3v) is 4.27. The lowest BCUT2D eigenvalue weighted by Crippen LogP contribution is -2.42. The van der Waals surface area contributed by atoms with Crippen molar-refractivity contribution in [3.05, 3.63) is 29.8 Å². The molecule has 0 saturated carbocycles. The predicted octanol–water partition coefficient (Wildman–Crippen LogP) is 3.08. The summed E-state index contributed by atoms with van der Waals surface area (Å²) < 4.78 is 5.86. The van der Waals surface area contributed by atoms with Crippen LogP contribution in [0.15, 0.2) is 24.3 Å². The normalized spacial score (nSPS) is 23.8. The molecule has 2 unspecified atom stereocenters. The van der Waals surface area contributed by atoms with Crippen LogP contribution in [0.25, 0.3) is 0 Å². The van der Waals surface area contributed by atoms with Gasteiger partial charge in [0.15, 0.2) is 0 Å². The van der Waals surface area contributed by atoms with Crippen LogP contribution in [0.1, 0.15) is 38.3 Å². The van der Waals surface area contributed by atoms with Crippen LogP contribution >= 0.6 is 0 Å². The zero-order valence-corrected chi connectivity index (χ0v) is 13.1. The van der Waals surface area contributed by atoms with Gasteiger partial charge < -0.3 is 10.1 Å². The van der Waals surface area contributed by atoms with E-state index in [9.17, 15) is 0 Å². The van der Waals surface area contributed by atoms with Gasteiger partial charge in [0, 0.05) is 11.6 Å². The lowest BCUT2D eigenvalue weighted by molar-refractivity contribution is 0.0955. The highest BCUT2D eigenvalue weighted by Crippen LogP contribution is 2.39. The molecule has 1 heterocycles. The highest BCUT2D eigenvalue weighted by molar-refractivity contribution is 5.36. The van der Waals surface area contributed by atoms with Gasteiger partial charge in [0.1, 0.15) is 5.75 Å². The highest BCUT2D eigenvalue weighted by Gasteiger charge is 2.32. The first-order valence-electron chi connectivity index (χ1n) is 7.92. The van der Waals surface area contributed by atoms with Gasteiger partial charge in [0.2, 0.25) is 0 Å². The minimum Gasteiger partial charge on any atom is -0.494 e. The van der Waals surface area contributed by atoms with Crippen molar-refractivity contribution in [2.45, 2.75) is 32.7 Å². The quantitative estimate of drug-likeness (QED) is 0.864. The van der Waals surface area contributed by atoms with Crippen molar-refractivity contribution in [1.29, 1.82) is 0 Å². The Kier molecular flexibility index (Phi) is 5.86. The van der Waals surface area contributed by atoms with Crippen LogP contribution < -0.4 is 10.1 Å². The van der Waals surface area contributed by atoms with Gasteiger partial charge in [-0.15, -0.1) is 0 Å². The summed E-state index contributed by atoms with van der Waals surface area (Å²) in [6, 6.07) is 9.03. The van der Waals surface area contributed by atoms with Crippen molar-refractivity contribution in [3.8, 4) is 5.75 Å². The molecule has 3 nitrogen and oxygen atoms in total. The summed E-state index contributed by atoms with van der Waals surface area (Å²) in [6.45, 7) is 8.42. The number of nitrogens with zero attached hydrogens (tertiary/aromatic N) is 1. The fourth-order valence-electron chi connectivity index (χ4n) is 3.44. The molecule has 0 amide bonds. The lowest BCUT2D eigenvalue weighted by atomic mass is 9.84. The van der Waals surface area contributed by atoms with E-state index >= 15 is 0 Å². The van der Waals surface area contributed by atoms with Crippen molar-refractivity contribution in [1.82, 2.24) is 10.2 Å². The fourth-order valence-corrected chi connectivity index (χ4v) is 3.44. The molecule has 2 atom stereocenters. The Morgan fingerprint density at radius 1 is 1.30 bits per heavy atom. The van der Waals surface area contributed by atoms with Crippen molar-refractivity contribution in [3.63, 3.8) is 0 Å². The lowest BCUT2D eigenvalue weighted by Gasteiger charge is -2.41. The maximum Gasteiger partial charge on any atom is 0.124 e. The van der Waals surface area contributed by atoms with Gasteiger partial charge in [-0.05, 0) is 58.4 Å². The van der Waals surface area contributed by atoms with E-state index in [4.69, 9.17) is 4.74 Å². The van der Waals surface area contributed by atoms with Crippen LogP contribution in [0, 0.1) is 5.92 Å². The Hall–Kier alpha value is -1.06. The molecular formula is C17H28N2O. The summed E-state index contributed by atoms with van der Waals surface area (Å²) in [5, 5.41) is 3.37. The van der Waals surface area contributed by atoms with Gasteiger partial charge >= 0.3 is 0 Å². The molecule has 1 aromatic rings. The second-order valence-electron chi connectivity index (χ2n) is 5.50. The SMILES string of the molecule is CCOc1ccccc1C1C(CNC)CCCN1CC. The van der Waals surface area contributed by atoms with Crippen LogP contribution in [-0.4, -0.2) is 38.2 Å². The molecule has 2 rings (SSSR count). The molecule has 1 saturated heterocycles. The summed E-state index contributed by atoms with van der Waals surface area (Å²) in [4.78, 5) is 2.60. The van der Waals surface area contributed by atoms with Gasteiger partial charge in [-0.25, -0.2) is 0 Å². The topological polar surface area (TPSA) is 24.5 Å². The van der Waals surface area contributed by atoms with Crippen molar-refractivity contribution in [2.75, 3.05) is 33.3 Å². The molecule has 112 valence electrons. The van der Waals surface area contributed by atoms with E-state index in [0.29, 0.717) is 12.0 Å². The summed E-state index contributed by atoms with van der Waals surface area (Å²) in [6.07, 6.45) is 2.59. The third-order valence-electron chi connectivity index (χ3n) is 4.27. The van der Waals surface area contributed by atoms with Gasteiger partial charge in [0.05, 0.1) is 6.61 Å². The van der Waals surface area contributed by atoms with E-state index in [-0.39, 0.29) is 0 Å². The van der Waals surface area contributed by atoms with Crippen LogP contribution in [0.5, 0.6) is 5.75 Å². The molecule has 1 fully saturated rings. The molecule has 1 aliphatic rings. The molecule has 1 aliphatic heterocycles. The molecule has 0 radical (unpaired) electrons. The average molecular weight is 276 g/mol. The van der Waals surface area contributed by atoms with Crippen LogP contribution in [0.3, 0.4) is 0 Å². The molecule has 3 heteroatoms. The number of benzene rings is 1. The first kappa shape index (κ1) is 15.3. The van der Waals surface area contributed by atoms with Crippen molar-refractivity contribution in [2.24, 2.45) is 5.92 Å². The summed E-state index contributed by atoms with van der Waals surface area (Å²) >= 11 is 0. The number of hydrogen-bond donors (Lipinski definition) is 1. The molecule has 0 aromatic heterocycles. The van der Waals surface area contributed by atoms with E-state index in [1.54, 1.807) is 0 Å². The Morgan fingerprint density at radius 2 is 2.10 bits per heavy atom. The fraction of sp³-hybridized carbons (Fsp3) is 0.647. The summed E-state index contributed by atoms with van der Waals surface area (Å²) in [7, 11) is 2.05. The number of rotatable bonds is 6. The highest BCUT2D eigenvalue weighted by atomic mass is 16.5. The van der Waals surface area contributed by atoms with Crippen LogP contribution in [0.2, 0.25) is 0 Å². The van der Waals surface area contributed by atoms with E-state index in [2.05, 4.69) is 55.4 Å². The number of hydrogen-bond acceptors (Lipinski definition) is 3. The monoisotopic (exact) mass is 276 g/mol. The zero-order chi connectivity index (χ0) is 14.4. The van der Waals surface area contributed by atoms with Crippen LogP contribution in [-0.2, 0) is 0 Å². The number of nitrogens with one attached hydrogen (secondary N) is 1. The van der Waals surface area contributed by atoms with Gasteiger partial charge in [0.25, 0.3) is 0 Å². The standard InChI is InChI=1S/C17H28N2O/c1-4-19-12-8-9-14(13-18-3)17(19)15-10-6-7-11-16(15)20-5-2/h6-7,10-11,14,17-18H,4-5,8-9,12-13H2,1-3H3. The maximum atomic E-state index is 5.86. The predicted molar refractivity (Wildman–Crippen MR) is 84.2 cm³/mol. The largest absolute Gasteiger partial charge is 0.494 e. The minimum absolute atomic E-state index is 0.476. The van der Waals surface area contributed by atoms with Gasteiger partial charge in [-0.1, -0.05) is 25.1 Å². The maximum absolute atomic E-state index is 5.86. The smallest absolute Gasteiger partial charge is 0.124 e. The Balaban J connectivity index is 2.32. The first-order valence-corrected chi connectivity index (χ1v) is 7.92. The summed E-state index contributed by atoms with van der Waals surface area (Å²) in [5.41, 5.74) is 1.36. The Bertz CT molecular complexity index is 406. The number of ether oxygens (including phenoxy) is 1. The molecule has 20 heavy (non-hydrogen) atoms. The van der Waals surface area contributed by atoms with E-state index in [0.717, 1.165) is 25.4 Å². The van der Waals surface area contributed by atoms with Crippen molar-refractivity contribution < 1.29 is 4.74 Å². The average Bonchev–Trinajstić information content (AvgIpc) is 2.48. The van der Waals surface area contributed by atoms with Gasteiger partial charge in [-0.2, -0.15) is 0 Å². The second-order valence-corrected chi connectivity index (χ2v) is 5.50. The van der Waals surface area contributed by atoms with E-state index in [1.807, 2.05) is 0 Å². The number of para-hydroxylation sites is 1. The third kappa shape index (κ3) is 3.33. The molecule has 0 aliphatic carbocycles. The molecule has 1 aromatic carbocycles. The van der Waals surface area contributed by atoms with E-state index in [1.165, 1.54) is 24.9 Å². The van der Waals surface area contributed by atoms with E-state index < -0.39 is 0 Å². The Morgan fingerprint density at radius 3 is 2.80 bits per heavy atom. The zero-order valence-electron chi connectivity index (χ0n) is 13.1. The molecule has 0 spiro atoms. The Labute approximate surface area is 123 Å². The number of piperidine rings is 1. The second kappa shape index (κ2) is 7.65. The van der Waals surface area contributed by atoms with Crippen molar-refractivity contribution >= 4 is 0 Å². The number of likely N-dealkylation sites (tertiary alicyclic amines) is 1. The minimum atomic E-state index is 0.476. The molecular weight excluding hydrogens is 248 g/mol. The molecule has 0 bridgehead atoms.